The number of aromatic amines is 1. The second-order valence-corrected chi connectivity index (χ2v) is 6.49. The summed E-state index contributed by atoms with van der Waals surface area (Å²) in [6.45, 7) is 1.85. The van der Waals surface area contributed by atoms with Gasteiger partial charge in [-0.1, -0.05) is 12.1 Å². The number of H-pyrrole nitrogens is 1. The lowest BCUT2D eigenvalue weighted by Crippen LogP contribution is -2.45. The highest BCUT2D eigenvalue weighted by Gasteiger charge is 2.16. The SMILES string of the molecule is O=C(NC1CCCNC1)c1ccc(-c2c[nH]c3cc(F)ccc23)cc1. The van der Waals surface area contributed by atoms with E-state index in [0.717, 1.165) is 48.0 Å². The Hall–Kier alpha value is -2.66. The fourth-order valence-corrected chi connectivity index (χ4v) is 3.38. The van der Waals surface area contributed by atoms with Crippen molar-refractivity contribution in [2.75, 3.05) is 13.1 Å². The molecular formula is C20H20FN3O. The second kappa shape index (κ2) is 6.69. The number of hydrogen-bond acceptors (Lipinski definition) is 2. The number of hydrogen-bond donors (Lipinski definition) is 3. The smallest absolute Gasteiger partial charge is 0.251 e. The molecule has 0 saturated carbocycles. The zero-order chi connectivity index (χ0) is 17.2. The molecule has 1 amide bonds. The van der Waals surface area contributed by atoms with Crippen LogP contribution in [0.5, 0.6) is 0 Å². The molecule has 5 heteroatoms. The predicted octanol–water partition coefficient (Wildman–Crippen LogP) is 3.46. The maximum Gasteiger partial charge on any atom is 0.251 e. The fraction of sp³-hybridized carbons (Fsp3) is 0.250. The molecule has 1 saturated heterocycles. The molecule has 2 heterocycles. The number of halogens is 1. The number of carbonyl (C=O) groups is 1. The number of piperidine rings is 1. The van der Waals surface area contributed by atoms with E-state index in [2.05, 4.69) is 15.6 Å². The van der Waals surface area contributed by atoms with Gasteiger partial charge in [-0.05, 0) is 55.3 Å². The predicted molar refractivity (Wildman–Crippen MR) is 97.1 cm³/mol. The lowest BCUT2D eigenvalue weighted by atomic mass is 10.0. The highest BCUT2D eigenvalue weighted by atomic mass is 19.1. The third-order valence-electron chi connectivity index (χ3n) is 4.73. The van der Waals surface area contributed by atoms with Crippen LogP contribution in [0.4, 0.5) is 4.39 Å². The Kier molecular flexibility index (Phi) is 4.24. The standard InChI is InChI=1S/C20H20FN3O/c21-15-7-8-17-18(12-23-19(17)10-15)13-3-5-14(6-4-13)20(25)24-16-2-1-9-22-11-16/h3-8,10,12,16,22-23H,1-2,9,11H2,(H,24,25). The summed E-state index contributed by atoms with van der Waals surface area (Å²) in [6, 6.07) is 12.4. The summed E-state index contributed by atoms with van der Waals surface area (Å²) in [4.78, 5) is 15.5. The van der Waals surface area contributed by atoms with Crippen LogP contribution in [0, 0.1) is 5.82 Å². The van der Waals surface area contributed by atoms with Gasteiger partial charge in [0.2, 0.25) is 0 Å². The van der Waals surface area contributed by atoms with Crippen molar-refractivity contribution < 1.29 is 9.18 Å². The summed E-state index contributed by atoms with van der Waals surface area (Å²) >= 11 is 0. The van der Waals surface area contributed by atoms with Gasteiger partial charge in [0.1, 0.15) is 5.82 Å². The molecule has 0 bridgehead atoms. The Morgan fingerprint density at radius 3 is 2.76 bits per heavy atom. The van der Waals surface area contributed by atoms with Gasteiger partial charge < -0.3 is 15.6 Å². The first kappa shape index (κ1) is 15.8. The van der Waals surface area contributed by atoms with Crippen LogP contribution in [0.25, 0.3) is 22.0 Å². The number of nitrogens with one attached hydrogen (secondary N) is 3. The van der Waals surface area contributed by atoms with Crippen LogP contribution in [-0.2, 0) is 0 Å². The van der Waals surface area contributed by atoms with Crippen molar-refractivity contribution >= 4 is 16.8 Å². The van der Waals surface area contributed by atoms with E-state index in [9.17, 15) is 9.18 Å². The van der Waals surface area contributed by atoms with Gasteiger partial charge in [0, 0.05) is 40.8 Å². The van der Waals surface area contributed by atoms with Gasteiger partial charge in [0.15, 0.2) is 0 Å². The van der Waals surface area contributed by atoms with Crippen molar-refractivity contribution in [2.24, 2.45) is 0 Å². The number of fused-ring (bicyclic) bond motifs is 1. The van der Waals surface area contributed by atoms with Crippen molar-refractivity contribution in [1.82, 2.24) is 15.6 Å². The summed E-state index contributed by atoms with van der Waals surface area (Å²) in [6.07, 6.45) is 3.97. The van der Waals surface area contributed by atoms with E-state index < -0.39 is 0 Å². The molecule has 2 aromatic carbocycles. The lowest BCUT2D eigenvalue weighted by molar-refractivity contribution is 0.0930. The van der Waals surface area contributed by atoms with Crippen LogP contribution in [0.15, 0.2) is 48.7 Å². The van der Waals surface area contributed by atoms with Crippen LogP contribution in [0.3, 0.4) is 0 Å². The van der Waals surface area contributed by atoms with E-state index in [4.69, 9.17) is 0 Å². The molecule has 1 fully saturated rings. The van der Waals surface area contributed by atoms with E-state index in [-0.39, 0.29) is 17.8 Å². The number of benzene rings is 2. The van der Waals surface area contributed by atoms with E-state index in [1.165, 1.54) is 12.1 Å². The summed E-state index contributed by atoms with van der Waals surface area (Å²) in [5.74, 6) is -0.300. The second-order valence-electron chi connectivity index (χ2n) is 6.49. The summed E-state index contributed by atoms with van der Waals surface area (Å²) in [5, 5.41) is 7.34. The molecule has 3 aromatic rings. The molecule has 1 aromatic heterocycles. The minimum absolute atomic E-state index is 0.0405. The van der Waals surface area contributed by atoms with Crippen molar-refractivity contribution in [1.29, 1.82) is 0 Å². The Morgan fingerprint density at radius 2 is 2.00 bits per heavy atom. The van der Waals surface area contributed by atoms with Gasteiger partial charge in [-0.15, -0.1) is 0 Å². The van der Waals surface area contributed by atoms with Crippen LogP contribution < -0.4 is 10.6 Å². The van der Waals surface area contributed by atoms with Crippen LogP contribution >= 0.6 is 0 Å². The number of amides is 1. The van der Waals surface area contributed by atoms with Crippen molar-refractivity contribution in [2.45, 2.75) is 18.9 Å². The molecule has 4 nitrogen and oxygen atoms in total. The fourth-order valence-electron chi connectivity index (χ4n) is 3.38. The molecule has 1 aliphatic heterocycles. The van der Waals surface area contributed by atoms with E-state index >= 15 is 0 Å². The summed E-state index contributed by atoms with van der Waals surface area (Å²) in [5.41, 5.74) is 3.41. The molecule has 0 spiro atoms. The van der Waals surface area contributed by atoms with E-state index in [1.54, 1.807) is 6.07 Å². The average Bonchev–Trinajstić information content (AvgIpc) is 3.05. The monoisotopic (exact) mass is 337 g/mol. The Labute approximate surface area is 145 Å². The van der Waals surface area contributed by atoms with Gasteiger partial charge in [0.25, 0.3) is 5.91 Å². The van der Waals surface area contributed by atoms with Gasteiger partial charge in [0.05, 0.1) is 0 Å². The van der Waals surface area contributed by atoms with Gasteiger partial charge in [-0.2, -0.15) is 0 Å². The highest BCUT2D eigenvalue weighted by molar-refractivity contribution is 5.97. The zero-order valence-corrected chi connectivity index (χ0v) is 13.8. The average molecular weight is 337 g/mol. The van der Waals surface area contributed by atoms with Crippen LogP contribution in [0.1, 0.15) is 23.2 Å². The molecule has 1 unspecified atom stereocenters. The minimum atomic E-state index is -0.259. The van der Waals surface area contributed by atoms with Gasteiger partial charge in [-0.3, -0.25) is 4.79 Å². The molecule has 1 atom stereocenters. The first-order valence-corrected chi connectivity index (χ1v) is 8.59. The Balaban J connectivity index is 1.53. The Morgan fingerprint density at radius 1 is 1.16 bits per heavy atom. The lowest BCUT2D eigenvalue weighted by Gasteiger charge is -2.23. The largest absolute Gasteiger partial charge is 0.360 e. The van der Waals surface area contributed by atoms with E-state index in [0.29, 0.717) is 5.56 Å². The van der Waals surface area contributed by atoms with Crippen LogP contribution in [-0.4, -0.2) is 30.0 Å². The normalized spacial score (nSPS) is 17.6. The molecule has 3 N–H and O–H groups in total. The maximum atomic E-state index is 13.3. The summed E-state index contributed by atoms with van der Waals surface area (Å²) in [7, 11) is 0. The molecule has 128 valence electrons. The Bertz CT molecular complexity index is 895. The van der Waals surface area contributed by atoms with Crippen molar-refractivity contribution in [3.8, 4) is 11.1 Å². The molecular weight excluding hydrogens is 317 g/mol. The number of rotatable bonds is 3. The molecule has 4 rings (SSSR count). The highest BCUT2D eigenvalue weighted by Crippen LogP contribution is 2.29. The third kappa shape index (κ3) is 3.28. The van der Waals surface area contributed by atoms with Crippen molar-refractivity contribution in [3.63, 3.8) is 0 Å². The maximum absolute atomic E-state index is 13.3. The zero-order valence-electron chi connectivity index (χ0n) is 13.8. The molecule has 25 heavy (non-hydrogen) atoms. The first-order valence-electron chi connectivity index (χ1n) is 8.59. The summed E-state index contributed by atoms with van der Waals surface area (Å²) < 4.78 is 13.3. The minimum Gasteiger partial charge on any atom is -0.360 e. The molecule has 0 aliphatic carbocycles. The quantitative estimate of drug-likeness (QED) is 0.685. The van der Waals surface area contributed by atoms with Gasteiger partial charge in [-0.25, -0.2) is 4.39 Å². The van der Waals surface area contributed by atoms with Crippen molar-refractivity contribution in [3.05, 3.63) is 60.0 Å². The van der Waals surface area contributed by atoms with E-state index in [1.807, 2.05) is 30.5 Å². The molecule has 1 aliphatic rings. The number of carbonyl (C=O) groups excluding carboxylic acids is 1. The number of aromatic nitrogens is 1. The molecule has 0 radical (unpaired) electrons. The van der Waals surface area contributed by atoms with Gasteiger partial charge >= 0.3 is 0 Å². The third-order valence-corrected chi connectivity index (χ3v) is 4.73. The topological polar surface area (TPSA) is 56.9 Å². The first-order chi connectivity index (χ1) is 12.2. The van der Waals surface area contributed by atoms with Crippen LogP contribution in [0.2, 0.25) is 0 Å².